The number of carbonyl (C=O) groups excluding carboxylic acids is 1. The highest BCUT2D eigenvalue weighted by atomic mass is 35.5. The summed E-state index contributed by atoms with van der Waals surface area (Å²) in [4.78, 5) is 19.7. The fourth-order valence-corrected chi connectivity index (χ4v) is 2.88. The molecule has 5 nitrogen and oxygen atoms in total. The van der Waals surface area contributed by atoms with Gasteiger partial charge in [-0.2, -0.15) is 0 Å². The summed E-state index contributed by atoms with van der Waals surface area (Å²) in [5.41, 5.74) is 10.1. The number of nitrogen functional groups attached to an aromatic ring is 1. The molecule has 0 saturated heterocycles. The molecule has 7 heteroatoms. The Labute approximate surface area is 167 Å². The van der Waals surface area contributed by atoms with E-state index >= 15 is 0 Å². The van der Waals surface area contributed by atoms with Crippen LogP contribution in [0, 0.1) is 5.82 Å². The van der Waals surface area contributed by atoms with Gasteiger partial charge in [0.25, 0.3) is 5.91 Å². The van der Waals surface area contributed by atoms with Crippen molar-refractivity contribution in [1.82, 2.24) is 15.3 Å². The van der Waals surface area contributed by atoms with Crippen LogP contribution in [-0.4, -0.2) is 15.9 Å². The van der Waals surface area contributed by atoms with E-state index in [1.807, 2.05) is 18.2 Å². The predicted molar refractivity (Wildman–Crippen MR) is 111 cm³/mol. The van der Waals surface area contributed by atoms with Gasteiger partial charge in [-0.1, -0.05) is 24.3 Å². The van der Waals surface area contributed by atoms with Crippen LogP contribution in [0.1, 0.15) is 16.2 Å². The maximum Gasteiger partial charge on any atom is 0.268 e. The number of hydrogen-bond acceptors (Lipinski definition) is 3. The van der Waals surface area contributed by atoms with E-state index in [0.717, 1.165) is 27.7 Å². The van der Waals surface area contributed by atoms with Crippen molar-refractivity contribution < 1.29 is 9.18 Å². The highest BCUT2D eigenvalue weighted by Gasteiger charge is 2.10. The molecule has 4 rings (SSSR count). The van der Waals surface area contributed by atoms with E-state index in [1.165, 1.54) is 12.1 Å². The number of aromatic nitrogens is 2. The Balaban J connectivity index is 0.00000225. The van der Waals surface area contributed by atoms with Crippen LogP contribution in [0.25, 0.3) is 22.0 Å². The molecule has 0 atom stereocenters. The van der Waals surface area contributed by atoms with Crippen molar-refractivity contribution in [1.29, 1.82) is 0 Å². The predicted octanol–water partition coefficient (Wildman–Crippen LogP) is 4.30. The average molecular weight is 397 g/mol. The summed E-state index contributed by atoms with van der Waals surface area (Å²) < 4.78 is 13.1. The second-order valence-corrected chi connectivity index (χ2v) is 6.26. The Morgan fingerprint density at radius 1 is 1.04 bits per heavy atom. The number of hydrogen-bond donors (Lipinski definition) is 3. The molecule has 0 radical (unpaired) electrons. The lowest BCUT2D eigenvalue weighted by molar-refractivity contribution is 0.0946. The maximum atomic E-state index is 13.1. The second-order valence-electron chi connectivity index (χ2n) is 6.26. The maximum absolute atomic E-state index is 13.1. The third kappa shape index (κ3) is 4.13. The van der Waals surface area contributed by atoms with Crippen LogP contribution < -0.4 is 11.1 Å². The van der Waals surface area contributed by atoms with E-state index in [2.05, 4.69) is 15.3 Å². The first-order valence-electron chi connectivity index (χ1n) is 8.46. The number of fused-ring (bicyclic) bond motifs is 1. The van der Waals surface area contributed by atoms with Crippen molar-refractivity contribution in [2.75, 3.05) is 5.73 Å². The Kier molecular flexibility index (Phi) is 5.61. The zero-order valence-electron chi connectivity index (χ0n) is 14.8. The first-order valence-corrected chi connectivity index (χ1v) is 8.46. The SMILES string of the molecule is Cl.Nc1ccc(CNC(=O)c2cc3ccc(-c4ccc(F)cc4)cc3[nH]2)nc1. The second kappa shape index (κ2) is 8.10. The largest absolute Gasteiger partial charge is 0.397 e. The molecule has 0 aliphatic rings. The Bertz CT molecular complexity index is 1110. The molecule has 0 bridgehead atoms. The number of aromatic amines is 1. The molecule has 0 unspecified atom stereocenters. The van der Waals surface area contributed by atoms with Crippen LogP contribution in [0.2, 0.25) is 0 Å². The van der Waals surface area contributed by atoms with Crippen LogP contribution in [0.15, 0.2) is 66.9 Å². The number of anilines is 1. The number of pyridine rings is 1. The molecular formula is C21H18ClFN4O. The molecule has 1 amide bonds. The number of amides is 1. The molecule has 4 N–H and O–H groups in total. The molecule has 2 aromatic carbocycles. The first kappa shape index (κ1) is 19.4. The molecule has 2 aromatic heterocycles. The minimum Gasteiger partial charge on any atom is -0.397 e. The molecule has 142 valence electrons. The topological polar surface area (TPSA) is 83.8 Å². The van der Waals surface area contributed by atoms with Crippen LogP contribution in [-0.2, 0) is 6.54 Å². The van der Waals surface area contributed by atoms with Crippen molar-refractivity contribution in [3.63, 3.8) is 0 Å². The van der Waals surface area contributed by atoms with Crippen LogP contribution in [0.5, 0.6) is 0 Å². The number of benzene rings is 2. The first-order chi connectivity index (χ1) is 13.1. The zero-order chi connectivity index (χ0) is 18.8. The molecule has 0 aliphatic heterocycles. The minimum atomic E-state index is -0.269. The van der Waals surface area contributed by atoms with Crippen LogP contribution in [0.4, 0.5) is 10.1 Å². The van der Waals surface area contributed by atoms with Gasteiger partial charge in [0.05, 0.1) is 24.1 Å². The van der Waals surface area contributed by atoms with E-state index in [-0.39, 0.29) is 24.1 Å². The van der Waals surface area contributed by atoms with Gasteiger partial charge in [0.2, 0.25) is 0 Å². The quantitative estimate of drug-likeness (QED) is 0.480. The lowest BCUT2D eigenvalue weighted by Crippen LogP contribution is -2.23. The van der Waals surface area contributed by atoms with E-state index in [1.54, 1.807) is 36.5 Å². The summed E-state index contributed by atoms with van der Waals surface area (Å²) in [5.74, 6) is -0.484. The number of rotatable bonds is 4. The standard InChI is InChI=1S/C21H17FN4O.ClH/c22-16-5-3-13(4-6-16)14-1-2-15-10-20(26-19(15)9-14)21(27)25-12-18-8-7-17(23)11-24-18;/h1-11,26H,12,23H2,(H,25,27);1H. The summed E-state index contributed by atoms with van der Waals surface area (Å²) >= 11 is 0. The highest BCUT2D eigenvalue weighted by molar-refractivity contribution is 5.98. The molecule has 28 heavy (non-hydrogen) atoms. The normalized spacial score (nSPS) is 10.5. The Morgan fingerprint density at radius 2 is 1.79 bits per heavy atom. The van der Waals surface area contributed by atoms with Gasteiger partial charge in [-0.25, -0.2) is 4.39 Å². The van der Waals surface area contributed by atoms with Crippen molar-refractivity contribution in [3.8, 4) is 11.1 Å². The van der Waals surface area contributed by atoms with Crippen LogP contribution >= 0.6 is 12.4 Å². The number of nitrogens with two attached hydrogens (primary N) is 1. The number of nitrogens with zero attached hydrogens (tertiary/aromatic N) is 1. The summed E-state index contributed by atoms with van der Waals surface area (Å²) in [6, 6.07) is 17.5. The number of H-pyrrole nitrogens is 1. The molecule has 0 aliphatic carbocycles. The molecule has 0 fully saturated rings. The van der Waals surface area contributed by atoms with Gasteiger partial charge < -0.3 is 16.0 Å². The number of nitrogens with one attached hydrogen (secondary N) is 2. The smallest absolute Gasteiger partial charge is 0.268 e. The number of carbonyl (C=O) groups is 1. The Hall–Kier alpha value is -3.38. The fraction of sp³-hybridized carbons (Fsp3) is 0.0476. The summed E-state index contributed by atoms with van der Waals surface area (Å²) in [5, 5.41) is 3.76. The van der Waals surface area contributed by atoms with Gasteiger partial charge in [0.15, 0.2) is 0 Å². The van der Waals surface area contributed by atoms with E-state index in [4.69, 9.17) is 5.73 Å². The highest BCUT2D eigenvalue weighted by Crippen LogP contribution is 2.25. The summed E-state index contributed by atoms with van der Waals surface area (Å²) in [6.45, 7) is 0.315. The van der Waals surface area contributed by atoms with Crippen molar-refractivity contribution in [3.05, 3.63) is 84.1 Å². The average Bonchev–Trinajstić information content (AvgIpc) is 3.11. The van der Waals surface area contributed by atoms with E-state index in [9.17, 15) is 9.18 Å². The van der Waals surface area contributed by atoms with Gasteiger partial charge in [-0.05, 0) is 47.5 Å². The monoisotopic (exact) mass is 396 g/mol. The van der Waals surface area contributed by atoms with Crippen LogP contribution in [0.3, 0.4) is 0 Å². The Morgan fingerprint density at radius 3 is 2.50 bits per heavy atom. The number of halogens is 2. The van der Waals surface area contributed by atoms with E-state index in [0.29, 0.717) is 17.9 Å². The third-order valence-corrected chi connectivity index (χ3v) is 4.32. The third-order valence-electron chi connectivity index (χ3n) is 4.32. The van der Waals surface area contributed by atoms with Crippen molar-refractivity contribution in [2.45, 2.75) is 6.54 Å². The van der Waals surface area contributed by atoms with Gasteiger partial charge in [0.1, 0.15) is 11.5 Å². The fourth-order valence-electron chi connectivity index (χ4n) is 2.88. The van der Waals surface area contributed by atoms with E-state index < -0.39 is 0 Å². The van der Waals surface area contributed by atoms with Crippen molar-refractivity contribution in [2.24, 2.45) is 0 Å². The summed E-state index contributed by atoms with van der Waals surface area (Å²) in [7, 11) is 0. The summed E-state index contributed by atoms with van der Waals surface area (Å²) in [6.07, 6.45) is 1.56. The lowest BCUT2D eigenvalue weighted by Gasteiger charge is -2.03. The molecule has 4 aromatic rings. The molecule has 0 saturated carbocycles. The van der Waals surface area contributed by atoms with Gasteiger partial charge in [0, 0.05) is 10.9 Å². The molecule has 0 spiro atoms. The van der Waals surface area contributed by atoms with Gasteiger partial charge in [-0.3, -0.25) is 9.78 Å². The van der Waals surface area contributed by atoms with Gasteiger partial charge >= 0.3 is 0 Å². The molecular weight excluding hydrogens is 379 g/mol. The van der Waals surface area contributed by atoms with Gasteiger partial charge in [-0.15, -0.1) is 12.4 Å². The lowest BCUT2D eigenvalue weighted by atomic mass is 10.0. The van der Waals surface area contributed by atoms with Crippen molar-refractivity contribution >= 4 is 34.9 Å². The minimum absolute atomic E-state index is 0. The molecule has 2 heterocycles. The zero-order valence-corrected chi connectivity index (χ0v) is 15.6.